The lowest BCUT2D eigenvalue weighted by Crippen LogP contribution is -2.15. The van der Waals surface area contributed by atoms with Gasteiger partial charge in [-0.2, -0.15) is 0 Å². The lowest BCUT2D eigenvalue weighted by atomic mass is 9.95. The van der Waals surface area contributed by atoms with Crippen molar-refractivity contribution in [1.29, 1.82) is 0 Å². The van der Waals surface area contributed by atoms with Crippen LogP contribution in [0.1, 0.15) is 5.56 Å². The Morgan fingerprint density at radius 2 is 1.55 bits per heavy atom. The van der Waals surface area contributed by atoms with Crippen molar-refractivity contribution in [2.75, 3.05) is 0 Å². The molecule has 1 aliphatic carbocycles. The molecule has 0 saturated heterocycles. The number of ketones is 2. The van der Waals surface area contributed by atoms with Gasteiger partial charge in [0.15, 0.2) is 0 Å². The van der Waals surface area contributed by atoms with Crippen molar-refractivity contribution < 1.29 is 14.7 Å². The first-order valence-corrected chi connectivity index (χ1v) is 6.31. The van der Waals surface area contributed by atoms with Crippen LogP contribution >= 0.6 is 0 Å². The van der Waals surface area contributed by atoms with E-state index in [0.717, 1.165) is 22.4 Å². The minimum Gasteiger partial charge on any atom is -0.508 e. The number of rotatable bonds is 2. The minimum atomic E-state index is -0.676. The zero-order chi connectivity index (χ0) is 14.1. The summed E-state index contributed by atoms with van der Waals surface area (Å²) in [7, 11) is 0. The molecule has 0 radical (unpaired) electrons. The fourth-order valence-electron chi connectivity index (χ4n) is 2.30. The average Bonchev–Trinajstić information content (AvgIpc) is 2.44. The number of benzene rings is 2. The van der Waals surface area contributed by atoms with E-state index in [4.69, 9.17) is 0 Å². The summed E-state index contributed by atoms with van der Waals surface area (Å²) in [5, 5.41) is 12.0. The minimum absolute atomic E-state index is 0.122. The molecule has 0 heterocycles. The number of aliphatic hydroxyl groups excluding tert-OH is 1. The smallest absolute Gasteiger partial charge is 0.229 e. The molecule has 0 spiro atoms. The average molecular weight is 264 g/mol. The van der Waals surface area contributed by atoms with Crippen LogP contribution in [0.25, 0.3) is 10.8 Å². The molecule has 3 rings (SSSR count). The van der Waals surface area contributed by atoms with Gasteiger partial charge in [0.1, 0.15) is 5.76 Å². The third kappa shape index (κ3) is 2.26. The molecule has 0 aliphatic heterocycles. The summed E-state index contributed by atoms with van der Waals surface area (Å²) >= 11 is 0. The Hall–Kier alpha value is -2.68. The summed E-state index contributed by atoms with van der Waals surface area (Å²) in [5.41, 5.74) is 1.46. The molecule has 20 heavy (non-hydrogen) atoms. The van der Waals surface area contributed by atoms with Crippen molar-refractivity contribution in [3.05, 3.63) is 71.5 Å². The van der Waals surface area contributed by atoms with Crippen molar-refractivity contribution in [3.8, 4) is 0 Å². The van der Waals surface area contributed by atoms with E-state index in [1.165, 1.54) is 6.08 Å². The molecule has 0 fully saturated rings. The van der Waals surface area contributed by atoms with Gasteiger partial charge in [0.05, 0.1) is 0 Å². The highest BCUT2D eigenvalue weighted by Gasteiger charge is 2.19. The van der Waals surface area contributed by atoms with E-state index in [-0.39, 0.29) is 5.76 Å². The third-order valence-electron chi connectivity index (χ3n) is 3.35. The van der Waals surface area contributed by atoms with E-state index in [1.54, 1.807) is 0 Å². The molecule has 0 amide bonds. The maximum Gasteiger partial charge on any atom is 0.229 e. The first-order valence-electron chi connectivity index (χ1n) is 6.31. The number of carbonyl (C=O) groups excluding carboxylic acids is 2. The summed E-state index contributed by atoms with van der Waals surface area (Å²) in [4.78, 5) is 22.5. The molecule has 3 heteroatoms. The van der Waals surface area contributed by atoms with Crippen LogP contribution in [-0.2, 0) is 16.0 Å². The van der Waals surface area contributed by atoms with Crippen LogP contribution in [0.4, 0.5) is 0 Å². The van der Waals surface area contributed by atoms with Crippen LogP contribution < -0.4 is 0 Å². The van der Waals surface area contributed by atoms with E-state index < -0.39 is 11.6 Å². The molecule has 1 N–H and O–H groups in total. The fourth-order valence-corrected chi connectivity index (χ4v) is 2.30. The van der Waals surface area contributed by atoms with Gasteiger partial charge in [-0.3, -0.25) is 9.59 Å². The van der Waals surface area contributed by atoms with Gasteiger partial charge in [-0.05, 0) is 22.4 Å². The highest BCUT2D eigenvalue weighted by atomic mass is 16.3. The molecule has 0 aromatic heterocycles. The highest BCUT2D eigenvalue weighted by Crippen LogP contribution is 2.21. The van der Waals surface area contributed by atoms with Gasteiger partial charge in [0.2, 0.25) is 11.6 Å². The number of allylic oxidation sites excluding steroid dienone is 3. The van der Waals surface area contributed by atoms with Crippen LogP contribution in [0.2, 0.25) is 0 Å². The molecule has 2 aromatic carbocycles. The molecule has 2 aromatic rings. The molecular weight excluding hydrogens is 252 g/mol. The Morgan fingerprint density at radius 1 is 0.850 bits per heavy atom. The first-order chi connectivity index (χ1) is 9.63. The second-order valence-corrected chi connectivity index (χ2v) is 4.79. The quantitative estimate of drug-likeness (QED) is 0.670. The van der Waals surface area contributed by atoms with E-state index in [9.17, 15) is 14.7 Å². The normalized spacial score (nSPS) is 15.2. The first kappa shape index (κ1) is 12.4. The number of hydrogen-bond donors (Lipinski definition) is 1. The summed E-state index contributed by atoms with van der Waals surface area (Å²) < 4.78 is 0. The lowest BCUT2D eigenvalue weighted by Gasteiger charge is -2.10. The topological polar surface area (TPSA) is 54.4 Å². The van der Waals surface area contributed by atoms with Crippen molar-refractivity contribution in [3.63, 3.8) is 0 Å². The maximum absolute atomic E-state index is 11.4. The Labute approximate surface area is 115 Å². The molecule has 0 atom stereocenters. The van der Waals surface area contributed by atoms with Crippen molar-refractivity contribution in [1.82, 2.24) is 0 Å². The predicted molar refractivity (Wildman–Crippen MR) is 76.5 cm³/mol. The van der Waals surface area contributed by atoms with Crippen LogP contribution in [0.15, 0.2) is 65.9 Å². The third-order valence-corrected chi connectivity index (χ3v) is 3.35. The SMILES string of the molecule is O=C1C=C(O)C(Cc2ccc3ccccc3c2)=CC1=O. The number of fused-ring (bicyclic) bond motifs is 1. The second-order valence-electron chi connectivity index (χ2n) is 4.79. The summed E-state index contributed by atoms with van der Waals surface area (Å²) in [6, 6.07) is 14.0. The van der Waals surface area contributed by atoms with Gasteiger partial charge in [0.25, 0.3) is 0 Å². The van der Waals surface area contributed by atoms with E-state index in [2.05, 4.69) is 0 Å². The number of carbonyl (C=O) groups is 2. The molecule has 3 nitrogen and oxygen atoms in total. The second kappa shape index (κ2) is 4.78. The van der Waals surface area contributed by atoms with Gasteiger partial charge < -0.3 is 5.11 Å². The van der Waals surface area contributed by atoms with Gasteiger partial charge in [0, 0.05) is 18.1 Å². The van der Waals surface area contributed by atoms with Crippen LogP contribution in [0, 0.1) is 0 Å². The van der Waals surface area contributed by atoms with Gasteiger partial charge in [-0.25, -0.2) is 0 Å². The van der Waals surface area contributed by atoms with E-state index in [1.807, 2.05) is 42.5 Å². The lowest BCUT2D eigenvalue weighted by molar-refractivity contribution is -0.131. The zero-order valence-corrected chi connectivity index (χ0v) is 10.7. The van der Waals surface area contributed by atoms with Gasteiger partial charge in [-0.1, -0.05) is 42.5 Å². The van der Waals surface area contributed by atoms with Crippen molar-refractivity contribution in [2.45, 2.75) is 6.42 Å². The molecular formula is C17H12O3. The van der Waals surface area contributed by atoms with Crippen molar-refractivity contribution >= 4 is 22.3 Å². The van der Waals surface area contributed by atoms with E-state index in [0.29, 0.717) is 12.0 Å². The maximum atomic E-state index is 11.4. The molecule has 0 saturated carbocycles. The summed E-state index contributed by atoms with van der Waals surface area (Å²) in [5.74, 6) is -1.38. The fraction of sp³-hybridized carbons (Fsp3) is 0.0588. The van der Waals surface area contributed by atoms with Crippen LogP contribution in [0.5, 0.6) is 0 Å². The zero-order valence-electron chi connectivity index (χ0n) is 10.7. The Morgan fingerprint density at radius 3 is 2.35 bits per heavy atom. The van der Waals surface area contributed by atoms with E-state index >= 15 is 0 Å². The molecule has 0 unspecified atom stereocenters. The number of hydrogen-bond acceptors (Lipinski definition) is 3. The Balaban J connectivity index is 1.93. The largest absolute Gasteiger partial charge is 0.508 e. The van der Waals surface area contributed by atoms with Crippen LogP contribution in [-0.4, -0.2) is 16.7 Å². The van der Waals surface area contributed by atoms with Gasteiger partial charge in [-0.15, -0.1) is 0 Å². The molecule has 1 aliphatic rings. The molecule has 0 bridgehead atoms. The summed E-state index contributed by atoms with van der Waals surface area (Å²) in [6.45, 7) is 0. The van der Waals surface area contributed by atoms with Crippen molar-refractivity contribution in [2.24, 2.45) is 0 Å². The molecule has 98 valence electrons. The number of aliphatic hydroxyl groups is 1. The monoisotopic (exact) mass is 264 g/mol. The van der Waals surface area contributed by atoms with Crippen LogP contribution in [0.3, 0.4) is 0 Å². The van der Waals surface area contributed by atoms with Gasteiger partial charge >= 0.3 is 0 Å². The predicted octanol–water partition coefficient (Wildman–Crippen LogP) is 2.90. The Kier molecular flexibility index (Phi) is 2.95. The Bertz CT molecular complexity index is 782. The summed E-state index contributed by atoms with van der Waals surface area (Å²) in [6.07, 6.45) is 2.62. The standard InChI is InChI=1S/C17H12O3/c18-15-10-17(20)16(19)9-14(15)8-11-5-6-12-3-1-2-4-13(12)7-11/h1-7,9-10,18H,8H2. The highest BCUT2D eigenvalue weighted by molar-refractivity contribution is 6.46.